The van der Waals surface area contributed by atoms with E-state index >= 15 is 0 Å². The highest BCUT2D eigenvalue weighted by Crippen LogP contribution is 2.19. The van der Waals surface area contributed by atoms with Crippen LogP contribution in [-0.2, 0) is 6.61 Å². The van der Waals surface area contributed by atoms with Gasteiger partial charge < -0.3 is 4.74 Å². The molecule has 0 fully saturated rings. The predicted molar refractivity (Wildman–Crippen MR) is 77.7 cm³/mol. The van der Waals surface area contributed by atoms with Gasteiger partial charge in [0.15, 0.2) is 10.3 Å². The van der Waals surface area contributed by atoms with Gasteiger partial charge in [0.05, 0.1) is 5.69 Å². The van der Waals surface area contributed by atoms with E-state index in [2.05, 4.69) is 20.5 Å². The van der Waals surface area contributed by atoms with Gasteiger partial charge in [-0.3, -0.25) is 0 Å². The molecular weight excluding hydrogens is 332 g/mol. The summed E-state index contributed by atoms with van der Waals surface area (Å²) in [6, 6.07) is 8.90. The van der Waals surface area contributed by atoms with E-state index in [0.717, 1.165) is 0 Å². The maximum atomic E-state index is 13.0. The summed E-state index contributed by atoms with van der Waals surface area (Å²) in [5, 5.41) is 15.6. The van der Waals surface area contributed by atoms with E-state index in [-0.39, 0.29) is 28.6 Å². The van der Waals surface area contributed by atoms with Crippen LogP contribution in [0.1, 0.15) is 5.69 Å². The quantitative estimate of drug-likeness (QED) is 0.730. The lowest BCUT2D eigenvalue weighted by Gasteiger charge is -2.07. The maximum Gasteiger partial charge on any atom is 0.233 e. The lowest BCUT2D eigenvalue weighted by Crippen LogP contribution is -2.07. The molecule has 6 nitrogen and oxygen atoms in total. The van der Waals surface area contributed by atoms with Gasteiger partial charge in [-0.2, -0.15) is 0 Å². The van der Waals surface area contributed by atoms with Crippen molar-refractivity contribution >= 4 is 23.2 Å². The molecule has 0 radical (unpaired) electrons. The molecule has 0 aliphatic carbocycles. The third-order valence-corrected chi connectivity index (χ3v) is 3.25. The monoisotopic (exact) mass is 339 g/mol. The van der Waals surface area contributed by atoms with Crippen molar-refractivity contribution in [2.45, 2.75) is 6.61 Å². The van der Waals surface area contributed by atoms with Gasteiger partial charge in [-0.1, -0.05) is 28.4 Å². The first-order valence-electron chi connectivity index (χ1n) is 6.11. The molecule has 0 atom stereocenters. The van der Waals surface area contributed by atoms with Crippen molar-refractivity contribution in [3.8, 4) is 11.6 Å². The zero-order chi connectivity index (χ0) is 15.5. The second-order valence-electron chi connectivity index (χ2n) is 4.20. The molecule has 22 heavy (non-hydrogen) atoms. The molecule has 0 unspecified atom stereocenters. The summed E-state index contributed by atoms with van der Waals surface area (Å²) in [6.07, 6.45) is 0. The first kappa shape index (κ1) is 14.7. The van der Waals surface area contributed by atoms with Crippen LogP contribution in [0.2, 0.25) is 10.3 Å². The largest absolute Gasteiger partial charge is 0.470 e. The van der Waals surface area contributed by atoms with E-state index in [1.807, 2.05) is 0 Å². The minimum absolute atomic E-state index is 0.0690. The van der Waals surface area contributed by atoms with E-state index in [9.17, 15) is 4.39 Å². The highest BCUT2D eigenvalue weighted by Gasteiger charge is 2.14. The molecule has 0 N–H and O–H groups in total. The minimum atomic E-state index is -0.343. The molecule has 3 rings (SSSR count). The smallest absolute Gasteiger partial charge is 0.233 e. The first-order chi connectivity index (χ1) is 10.6. The summed E-state index contributed by atoms with van der Waals surface area (Å²) in [4.78, 5) is 0. The van der Waals surface area contributed by atoms with Gasteiger partial charge in [0.1, 0.15) is 18.1 Å². The van der Waals surface area contributed by atoms with Crippen LogP contribution in [0.25, 0.3) is 5.69 Å². The molecule has 0 amide bonds. The average molecular weight is 340 g/mol. The Labute approximate surface area is 134 Å². The number of aromatic nitrogens is 5. The topological polar surface area (TPSA) is 65.7 Å². The summed E-state index contributed by atoms with van der Waals surface area (Å²) in [5.74, 6) is -0.0588. The number of hydrogen-bond donors (Lipinski definition) is 0. The molecule has 9 heteroatoms. The number of rotatable bonds is 4. The molecule has 0 saturated carbocycles. The van der Waals surface area contributed by atoms with E-state index in [1.165, 1.54) is 16.8 Å². The molecule has 2 heterocycles. The van der Waals surface area contributed by atoms with Crippen LogP contribution in [0.5, 0.6) is 5.88 Å². The second kappa shape index (κ2) is 6.25. The molecule has 1 aromatic carbocycles. The summed E-state index contributed by atoms with van der Waals surface area (Å²) in [5.41, 5.74) is 1.12. The molecule has 112 valence electrons. The standard InChI is InChI=1S/C13H8Cl2FN5O/c14-11-5-6-12(18-17-11)22-7-10-13(15)19-20-21(10)9-3-1-8(16)2-4-9/h1-6H,7H2. The summed E-state index contributed by atoms with van der Waals surface area (Å²) < 4.78 is 19.9. The molecule has 0 aliphatic heterocycles. The van der Waals surface area contributed by atoms with Crippen LogP contribution in [-0.4, -0.2) is 25.2 Å². The summed E-state index contributed by atoms with van der Waals surface area (Å²) in [6.45, 7) is 0.0690. The Morgan fingerprint density at radius 2 is 1.77 bits per heavy atom. The van der Waals surface area contributed by atoms with Gasteiger partial charge in [-0.15, -0.1) is 15.3 Å². The highest BCUT2D eigenvalue weighted by molar-refractivity contribution is 6.30. The second-order valence-corrected chi connectivity index (χ2v) is 4.94. The van der Waals surface area contributed by atoms with E-state index in [1.54, 1.807) is 24.3 Å². The summed E-state index contributed by atoms with van der Waals surface area (Å²) in [7, 11) is 0. The fourth-order valence-corrected chi connectivity index (χ4v) is 1.99. The fraction of sp³-hybridized carbons (Fsp3) is 0.0769. The number of benzene rings is 1. The van der Waals surface area contributed by atoms with Crippen LogP contribution in [0.3, 0.4) is 0 Å². The van der Waals surface area contributed by atoms with E-state index in [0.29, 0.717) is 11.4 Å². The minimum Gasteiger partial charge on any atom is -0.470 e. The van der Waals surface area contributed by atoms with Gasteiger partial charge in [-0.25, -0.2) is 9.07 Å². The Bertz CT molecular complexity index is 776. The number of nitrogens with zero attached hydrogens (tertiary/aromatic N) is 5. The molecule has 2 aromatic heterocycles. The first-order valence-corrected chi connectivity index (χ1v) is 6.87. The molecule has 0 saturated heterocycles. The Morgan fingerprint density at radius 1 is 1.00 bits per heavy atom. The molecule has 3 aromatic rings. The molecule has 0 spiro atoms. The van der Waals surface area contributed by atoms with E-state index in [4.69, 9.17) is 27.9 Å². The zero-order valence-corrected chi connectivity index (χ0v) is 12.5. The van der Waals surface area contributed by atoms with Crippen molar-refractivity contribution in [2.75, 3.05) is 0 Å². The fourth-order valence-electron chi connectivity index (χ4n) is 1.72. The maximum absolute atomic E-state index is 13.0. The zero-order valence-electron chi connectivity index (χ0n) is 10.9. The molecule has 0 aliphatic rings. The summed E-state index contributed by atoms with van der Waals surface area (Å²) >= 11 is 11.7. The van der Waals surface area contributed by atoms with Crippen molar-refractivity contribution in [3.63, 3.8) is 0 Å². The van der Waals surface area contributed by atoms with Crippen LogP contribution < -0.4 is 4.74 Å². The third-order valence-electron chi connectivity index (χ3n) is 2.75. The van der Waals surface area contributed by atoms with E-state index < -0.39 is 0 Å². The van der Waals surface area contributed by atoms with Gasteiger partial charge in [0.2, 0.25) is 5.88 Å². The van der Waals surface area contributed by atoms with Crippen LogP contribution >= 0.6 is 23.2 Å². The lowest BCUT2D eigenvalue weighted by molar-refractivity contribution is 0.282. The Kier molecular flexibility index (Phi) is 4.17. The van der Waals surface area contributed by atoms with Crippen molar-refractivity contribution in [1.29, 1.82) is 0 Å². The number of hydrogen-bond acceptors (Lipinski definition) is 5. The van der Waals surface area contributed by atoms with Gasteiger partial charge in [-0.05, 0) is 30.3 Å². The van der Waals surface area contributed by atoms with Crippen LogP contribution in [0.4, 0.5) is 4.39 Å². The highest BCUT2D eigenvalue weighted by atomic mass is 35.5. The van der Waals surface area contributed by atoms with Crippen molar-refractivity contribution in [3.05, 3.63) is 58.2 Å². The van der Waals surface area contributed by atoms with Gasteiger partial charge in [0, 0.05) is 6.07 Å². The average Bonchev–Trinajstić information content (AvgIpc) is 2.89. The van der Waals surface area contributed by atoms with Crippen LogP contribution in [0.15, 0.2) is 36.4 Å². The lowest BCUT2D eigenvalue weighted by atomic mass is 10.3. The van der Waals surface area contributed by atoms with Gasteiger partial charge in [0.25, 0.3) is 0 Å². The number of halogens is 3. The Morgan fingerprint density at radius 3 is 2.45 bits per heavy atom. The van der Waals surface area contributed by atoms with Crippen LogP contribution in [0, 0.1) is 5.82 Å². The molecular formula is C13H8Cl2FN5O. The Balaban J connectivity index is 1.83. The van der Waals surface area contributed by atoms with Crippen molar-refractivity contribution in [2.24, 2.45) is 0 Å². The third kappa shape index (κ3) is 3.15. The van der Waals surface area contributed by atoms with Crippen molar-refractivity contribution < 1.29 is 9.13 Å². The Hall–Kier alpha value is -2.25. The normalized spacial score (nSPS) is 10.7. The SMILES string of the molecule is Fc1ccc(-n2nnc(Cl)c2COc2ccc(Cl)nn2)cc1. The van der Waals surface area contributed by atoms with Gasteiger partial charge >= 0.3 is 0 Å². The molecule has 0 bridgehead atoms. The van der Waals surface area contributed by atoms with Crippen molar-refractivity contribution in [1.82, 2.24) is 25.2 Å². The number of ether oxygens (including phenoxy) is 1. The predicted octanol–water partition coefficient (Wildman–Crippen LogP) is 3.08.